The molecule has 174 valence electrons. The van der Waals surface area contributed by atoms with Gasteiger partial charge >= 0.3 is 0 Å². The number of rotatable bonds is 8. The quantitative estimate of drug-likeness (QED) is 0.577. The van der Waals surface area contributed by atoms with Gasteiger partial charge in [0.1, 0.15) is 5.75 Å². The number of benzene rings is 2. The second kappa shape index (κ2) is 10.8. The molecule has 0 amide bonds. The molecule has 32 heavy (non-hydrogen) atoms. The van der Waals surface area contributed by atoms with E-state index >= 15 is 0 Å². The molecule has 8 nitrogen and oxygen atoms in total. The van der Waals surface area contributed by atoms with Crippen LogP contribution in [0.1, 0.15) is 5.56 Å². The normalized spacial score (nSPS) is 14.7. The summed E-state index contributed by atoms with van der Waals surface area (Å²) < 4.78 is 43.0. The molecule has 3 rings (SSSR count). The minimum absolute atomic E-state index is 0.266. The maximum absolute atomic E-state index is 12.9. The first-order valence-corrected chi connectivity index (χ1v) is 12.1. The van der Waals surface area contributed by atoms with Crippen LogP contribution in [0.3, 0.4) is 0 Å². The van der Waals surface area contributed by atoms with E-state index < -0.39 is 10.0 Å². The maximum Gasteiger partial charge on any atom is 0.243 e. The monoisotopic (exact) mass is 479 g/mol. The Morgan fingerprint density at radius 2 is 1.59 bits per heavy atom. The molecule has 1 heterocycles. The Kier molecular flexibility index (Phi) is 8.16. The van der Waals surface area contributed by atoms with Crippen molar-refractivity contribution in [1.29, 1.82) is 0 Å². The summed E-state index contributed by atoms with van der Waals surface area (Å²) in [6.07, 6.45) is 0.770. The Labute approximate surface area is 195 Å². The van der Waals surface area contributed by atoms with Gasteiger partial charge in [0.05, 0.1) is 26.2 Å². The number of hydrogen-bond donors (Lipinski definition) is 1. The molecule has 2 aromatic rings. The van der Waals surface area contributed by atoms with Crippen molar-refractivity contribution >= 4 is 27.4 Å². The van der Waals surface area contributed by atoms with Crippen LogP contribution in [0.2, 0.25) is 0 Å². The second-order valence-electron chi connectivity index (χ2n) is 7.24. The second-order valence-corrected chi connectivity index (χ2v) is 9.56. The third kappa shape index (κ3) is 5.62. The minimum atomic E-state index is -3.54. The van der Waals surface area contributed by atoms with Gasteiger partial charge in [0.2, 0.25) is 10.0 Å². The standard InChI is InChI=1S/C22H29N3O5S2/c1-28-18-5-7-19(8-6-18)32(26,27)25-14-12-24(13-15-25)22(31)23-11-10-17-4-9-20(29-2)21(16-17)30-3/h4-9,16H,10-15H2,1-3H3,(H,23,31). The summed E-state index contributed by atoms with van der Waals surface area (Å²) in [6.45, 7) is 2.51. The van der Waals surface area contributed by atoms with Gasteiger partial charge in [0.25, 0.3) is 0 Å². The summed E-state index contributed by atoms with van der Waals surface area (Å²) >= 11 is 5.52. The van der Waals surface area contributed by atoms with Crippen LogP contribution in [0.4, 0.5) is 0 Å². The number of piperazine rings is 1. The predicted octanol–water partition coefficient (Wildman–Crippen LogP) is 2.14. The molecular formula is C22H29N3O5S2. The van der Waals surface area contributed by atoms with Gasteiger partial charge in [0, 0.05) is 32.7 Å². The maximum atomic E-state index is 12.9. The molecule has 0 spiro atoms. The average molecular weight is 480 g/mol. The first-order valence-electron chi connectivity index (χ1n) is 10.3. The molecule has 0 radical (unpaired) electrons. The summed E-state index contributed by atoms with van der Waals surface area (Å²) in [5.41, 5.74) is 1.10. The molecule has 0 unspecified atom stereocenters. The number of sulfonamides is 1. The zero-order chi connectivity index (χ0) is 23.1. The fourth-order valence-electron chi connectivity index (χ4n) is 3.49. The molecule has 0 aliphatic carbocycles. The molecule has 1 N–H and O–H groups in total. The Bertz CT molecular complexity index is 1020. The van der Waals surface area contributed by atoms with Crippen molar-refractivity contribution in [3.8, 4) is 17.2 Å². The Hall–Kier alpha value is -2.56. The van der Waals surface area contributed by atoms with Crippen molar-refractivity contribution in [2.24, 2.45) is 0 Å². The van der Waals surface area contributed by atoms with Gasteiger partial charge in [-0.15, -0.1) is 0 Å². The molecule has 1 aliphatic rings. The van der Waals surface area contributed by atoms with Crippen LogP contribution in [0.25, 0.3) is 0 Å². The third-order valence-corrected chi connectivity index (χ3v) is 7.68. The van der Waals surface area contributed by atoms with E-state index in [2.05, 4.69) is 5.32 Å². The highest BCUT2D eigenvalue weighted by molar-refractivity contribution is 7.89. The summed E-state index contributed by atoms with van der Waals surface area (Å²) in [4.78, 5) is 2.27. The number of ether oxygens (including phenoxy) is 3. The van der Waals surface area contributed by atoms with E-state index in [4.69, 9.17) is 26.4 Å². The SMILES string of the molecule is COc1ccc(S(=O)(=O)N2CCN(C(=S)NCCc3ccc(OC)c(OC)c3)CC2)cc1. The number of hydrogen-bond acceptors (Lipinski definition) is 6. The first-order chi connectivity index (χ1) is 15.4. The van der Waals surface area contributed by atoms with Gasteiger partial charge in [0.15, 0.2) is 16.6 Å². The Morgan fingerprint density at radius 1 is 0.938 bits per heavy atom. The van der Waals surface area contributed by atoms with E-state index in [-0.39, 0.29) is 4.90 Å². The topological polar surface area (TPSA) is 80.3 Å². The Balaban J connectivity index is 1.49. The van der Waals surface area contributed by atoms with Crippen LogP contribution < -0.4 is 19.5 Å². The summed E-state index contributed by atoms with van der Waals surface area (Å²) in [5, 5.41) is 3.90. The lowest BCUT2D eigenvalue weighted by Crippen LogP contribution is -2.53. The van der Waals surface area contributed by atoms with Crippen molar-refractivity contribution in [3.63, 3.8) is 0 Å². The molecule has 1 aliphatic heterocycles. The van der Waals surface area contributed by atoms with Crippen molar-refractivity contribution in [2.75, 3.05) is 54.1 Å². The lowest BCUT2D eigenvalue weighted by atomic mass is 10.1. The van der Waals surface area contributed by atoms with Gasteiger partial charge in [-0.25, -0.2) is 8.42 Å². The number of thiocarbonyl (C=S) groups is 1. The molecule has 1 saturated heterocycles. The van der Waals surface area contributed by atoms with Crippen LogP contribution in [0.5, 0.6) is 17.2 Å². The van der Waals surface area contributed by atoms with E-state index in [1.807, 2.05) is 23.1 Å². The highest BCUT2D eigenvalue weighted by Crippen LogP contribution is 2.27. The van der Waals surface area contributed by atoms with E-state index in [0.29, 0.717) is 55.1 Å². The zero-order valence-corrected chi connectivity index (χ0v) is 20.2. The largest absolute Gasteiger partial charge is 0.497 e. The van der Waals surface area contributed by atoms with E-state index in [9.17, 15) is 8.42 Å². The Morgan fingerprint density at radius 3 is 2.19 bits per heavy atom. The van der Waals surface area contributed by atoms with Crippen LogP contribution >= 0.6 is 12.2 Å². The molecule has 0 atom stereocenters. The zero-order valence-electron chi connectivity index (χ0n) is 18.5. The van der Waals surface area contributed by atoms with Gasteiger partial charge in [-0.2, -0.15) is 4.31 Å². The highest BCUT2D eigenvalue weighted by Gasteiger charge is 2.29. The summed E-state index contributed by atoms with van der Waals surface area (Å²) in [6, 6.07) is 12.3. The molecule has 2 aromatic carbocycles. The van der Waals surface area contributed by atoms with E-state index in [0.717, 1.165) is 12.0 Å². The third-order valence-electron chi connectivity index (χ3n) is 5.36. The van der Waals surface area contributed by atoms with E-state index in [1.54, 1.807) is 45.6 Å². The lowest BCUT2D eigenvalue weighted by molar-refractivity contribution is 0.264. The molecule has 0 aromatic heterocycles. The lowest BCUT2D eigenvalue weighted by Gasteiger charge is -2.35. The summed E-state index contributed by atoms with van der Waals surface area (Å²) in [5.74, 6) is 2.02. The fraction of sp³-hybridized carbons (Fsp3) is 0.409. The number of nitrogens with zero attached hydrogens (tertiary/aromatic N) is 2. The smallest absolute Gasteiger partial charge is 0.243 e. The van der Waals surface area contributed by atoms with Crippen molar-refractivity contribution in [1.82, 2.24) is 14.5 Å². The average Bonchev–Trinajstić information content (AvgIpc) is 2.83. The number of methoxy groups -OCH3 is 3. The fourth-order valence-corrected chi connectivity index (χ4v) is 5.20. The predicted molar refractivity (Wildman–Crippen MR) is 127 cm³/mol. The van der Waals surface area contributed by atoms with Crippen LogP contribution in [-0.2, 0) is 16.4 Å². The number of nitrogens with one attached hydrogen (secondary N) is 1. The molecule has 0 saturated carbocycles. The molecule has 1 fully saturated rings. The highest BCUT2D eigenvalue weighted by atomic mass is 32.2. The minimum Gasteiger partial charge on any atom is -0.497 e. The molecule has 10 heteroatoms. The van der Waals surface area contributed by atoms with Crippen molar-refractivity contribution in [2.45, 2.75) is 11.3 Å². The molecule has 0 bridgehead atoms. The van der Waals surface area contributed by atoms with Crippen LogP contribution in [-0.4, -0.2) is 76.8 Å². The van der Waals surface area contributed by atoms with Crippen molar-refractivity contribution < 1.29 is 22.6 Å². The van der Waals surface area contributed by atoms with Crippen LogP contribution in [0, 0.1) is 0 Å². The summed E-state index contributed by atoms with van der Waals surface area (Å²) in [7, 11) is 1.24. The van der Waals surface area contributed by atoms with Gasteiger partial charge < -0.3 is 24.4 Å². The van der Waals surface area contributed by atoms with Gasteiger partial charge in [-0.1, -0.05) is 6.07 Å². The molecular weight excluding hydrogens is 450 g/mol. The van der Waals surface area contributed by atoms with E-state index in [1.165, 1.54) is 4.31 Å². The van der Waals surface area contributed by atoms with Crippen LogP contribution in [0.15, 0.2) is 47.4 Å². The first kappa shape index (κ1) is 24.1. The van der Waals surface area contributed by atoms with Gasteiger partial charge in [-0.05, 0) is 60.6 Å². The van der Waals surface area contributed by atoms with Crippen molar-refractivity contribution in [3.05, 3.63) is 48.0 Å². The van der Waals surface area contributed by atoms with Gasteiger partial charge in [-0.3, -0.25) is 0 Å².